The summed E-state index contributed by atoms with van der Waals surface area (Å²) in [4.78, 5) is 4.52. The summed E-state index contributed by atoms with van der Waals surface area (Å²) in [5.74, 6) is 1.43. The number of aromatic nitrogens is 1. The predicted molar refractivity (Wildman–Crippen MR) is 95.5 cm³/mol. The molecule has 24 heavy (non-hydrogen) atoms. The number of fused-ring (bicyclic) bond motifs is 2. The highest BCUT2D eigenvalue weighted by molar-refractivity contribution is 7.19. The molecule has 6 heteroatoms. The van der Waals surface area contributed by atoms with Gasteiger partial charge in [0, 0.05) is 5.02 Å². The normalized spacial score (nSPS) is 13.8. The number of nitriles is 1. The fourth-order valence-corrected chi connectivity index (χ4v) is 3.55. The smallest absolute Gasteiger partial charge is 0.161 e. The van der Waals surface area contributed by atoms with Crippen molar-refractivity contribution in [2.75, 3.05) is 13.2 Å². The molecule has 0 unspecified atom stereocenters. The van der Waals surface area contributed by atoms with Crippen molar-refractivity contribution in [3.8, 4) is 17.6 Å². The third kappa shape index (κ3) is 2.82. The van der Waals surface area contributed by atoms with Crippen molar-refractivity contribution in [1.82, 2.24) is 4.98 Å². The van der Waals surface area contributed by atoms with Crippen LogP contribution < -0.4 is 9.47 Å². The van der Waals surface area contributed by atoms with Crippen molar-refractivity contribution < 1.29 is 9.47 Å². The molecule has 4 nitrogen and oxygen atoms in total. The van der Waals surface area contributed by atoms with Crippen LogP contribution in [0.25, 0.3) is 21.9 Å². The number of hydrogen-bond donors (Lipinski definition) is 0. The largest absolute Gasteiger partial charge is 0.486 e. The zero-order valence-electron chi connectivity index (χ0n) is 12.5. The van der Waals surface area contributed by atoms with E-state index >= 15 is 0 Å². The van der Waals surface area contributed by atoms with Crippen molar-refractivity contribution in [1.29, 1.82) is 5.26 Å². The highest BCUT2D eigenvalue weighted by atomic mass is 35.5. The van der Waals surface area contributed by atoms with E-state index in [-0.39, 0.29) is 0 Å². The van der Waals surface area contributed by atoms with E-state index in [0.717, 1.165) is 21.5 Å². The quantitative estimate of drug-likeness (QED) is 0.621. The molecule has 1 aliphatic heterocycles. The first kappa shape index (κ1) is 15.0. The first-order chi connectivity index (χ1) is 11.7. The molecule has 0 atom stereocenters. The van der Waals surface area contributed by atoms with Gasteiger partial charge in [0.25, 0.3) is 0 Å². The Kier molecular flexibility index (Phi) is 3.85. The SMILES string of the molecule is N#C/C(=C/c1ccc2c(c1)OCCO2)c1nc2cc(Cl)ccc2s1. The Morgan fingerprint density at radius 2 is 2.00 bits per heavy atom. The third-order valence-corrected chi connectivity index (χ3v) is 4.88. The molecule has 0 bridgehead atoms. The third-order valence-electron chi connectivity index (χ3n) is 3.58. The number of thiazole rings is 1. The second-order valence-electron chi connectivity index (χ2n) is 5.20. The first-order valence-corrected chi connectivity index (χ1v) is 8.50. The van der Waals surface area contributed by atoms with Gasteiger partial charge in [0.2, 0.25) is 0 Å². The molecule has 0 spiro atoms. The summed E-state index contributed by atoms with van der Waals surface area (Å²) in [5.41, 5.74) is 2.17. The molecule has 1 aromatic heterocycles. The number of halogens is 1. The van der Waals surface area contributed by atoms with Crippen LogP contribution in [0.2, 0.25) is 5.02 Å². The Morgan fingerprint density at radius 3 is 2.83 bits per heavy atom. The average molecular weight is 355 g/mol. The molecule has 4 rings (SSSR count). The second-order valence-corrected chi connectivity index (χ2v) is 6.67. The van der Waals surface area contributed by atoms with Gasteiger partial charge >= 0.3 is 0 Å². The summed E-state index contributed by atoms with van der Waals surface area (Å²) in [6.07, 6.45) is 1.80. The Balaban J connectivity index is 1.74. The highest BCUT2D eigenvalue weighted by Gasteiger charge is 2.13. The lowest BCUT2D eigenvalue weighted by Crippen LogP contribution is -2.15. The Labute approximate surface area is 147 Å². The van der Waals surface area contributed by atoms with Crippen LogP contribution in [0, 0.1) is 11.3 Å². The molecule has 1 aliphatic rings. The van der Waals surface area contributed by atoms with Crippen molar-refractivity contribution in [3.63, 3.8) is 0 Å². The van der Waals surface area contributed by atoms with Crippen molar-refractivity contribution in [2.45, 2.75) is 0 Å². The lowest BCUT2D eigenvalue weighted by molar-refractivity contribution is 0.171. The van der Waals surface area contributed by atoms with Gasteiger partial charge in [-0.15, -0.1) is 11.3 Å². The molecular weight excluding hydrogens is 344 g/mol. The van der Waals surface area contributed by atoms with Crippen molar-refractivity contribution in [3.05, 3.63) is 52.0 Å². The highest BCUT2D eigenvalue weighted by Crippen LogP contribution is 2.33. The van der Waals surface area contributed by atoms with E-state index in [1.165, 1.54) is 11.3 Å². The zero-order valence-corrected chi connectivity index (χ0v) is 14.0. The topological polar surface area (TPSA) is 55.1 Å². The van der Waals surface area contributed by atoms with E-state index in [1.54, 1.807) is 12.1 Å². The van der Waals surface area contributed by atoms with Crippen LogP contribution in [0.5, 0.6) is 11.5 Å². The lowest BCUT2D eigenvalue weighted by Gasteiger charge is -2.18. The molecule has 118 valence electrons. The number of ether oxygens (including phenoxy) is 2. The molecular formula is C18H11ClN2O2S. The van der Waals surface area contributed by atoms with Crippen LogP contribution in [0.15, 0.2) is 36.4 Å². The maximum atomic E-state index is 9.53. The molecule has 0 N–H and O–H groups in total. The number of rotatable bonds is 2. The van der Waals surface area contributed by atoms with Crippen molar-refractivity contribution in [2.24, 2.45) is 0 Å². The van der Waals surface area contributed by atoms with Crippen LogP contribution >= 0.6 is 22.9 Å². The van der Waals surface area contributed by atoms with Gasteiger partial charge in [-0.05, 0) is 42.0 Å². The van der Waals surface area contributed by atoms with Gasteiger partial charge in [-0.2, -0.15) is 5.26 Å². The number of allylic oxidation sites excluding steroid dienone is 1. The van der Waals surface area contributed by atoms with Crippen LogP contribution in [-0.2, 0) is 0 Å². The summed E-state index contributed by atoms with van der Waals surface area (Å²) in [7, 11) is 0. The van der Waals surface area contributed by atoms with Crippen LogP contribution in [-0.4, -0.2) is 18.2 Å². The first-order valence-electron chi connectivity index (χ1n) is 7.31. The summed E-state index contributed by atoms with van der Waals surface area (Å²) < 4.78 is 12.1. The summed E-state index contributed by atoms with van der Waals surface area (Å²) >= 11 is 7.47. The molecule has 0 amide bonds. The lowest BCUT2D eigenvalue weighted by atomic mass is 10.1. The summed E-state index contributed by atoms with van der Waals surface area (Å²) in [5, 5.41) is 10.8. The number of benzene rings is 2. The molecule has 0 aliphatic carbocycles. The van der Waals surface area contributed by atoms with Gasteiger partial charge < -0.3 is 9.47 Å². The molecule has 3 aromatic rings. The Morgan fingerprint density at radius 1 is 1.17 bits per heavy atom. The molecule has 0 saturated carbocycles. The van der Waals surface area contributed by atoms with Crippen LogP contribution in [0.4, 0.5) is 0 Å². The van der Waals surface area contributed by atoms with Crippen LogP contribution in [0.1, 0.15) is 10.6 Å². The van der Waals surface area contributed by atoms with E-state index in [9.17, 15) is 5.26 Å². The number of hydrogen-bond acceptors (Lipinski definition) is 5. The van der Waals surface area contributed by atoms with Gasteiger partial charge in [0.05, 0.1) is 15.8 Å². The fourth-order valence-electron chi connectivity index (χ4n) is 2.47. The molecule has 0 fully saturated rings. The van der Waals surface area contributed by atoms with Gasteiger partial charge in [-0.1, -0.05) is 17.7 Å². The van der Waals surface area contributed by atoms with E-state index < -0.39 is 0 Å². The molecule has 0 saturated heterocycles. The zero-order chi connectivity index (χ0) is 16.5. The fraction of sp³-hybridized carbons (Fsp3) is 0.111. The maximum absolute atomic E-state index is 9.53. The van der Waals surface area contributed by atoms with E-state index in [2.05, 4.69) is 11.1 Å². The van der Waals surface area contributed by atoms with Crippen LogP contribution in [0.3, 0.4) is 0 Å². The minimum Gasteiger partial charge on any atom is -0.486 e. The predicted octanol–water partition coefficient (Wildman–Crippen LogP) is 4.79. The van der Waals surface area contributed by atoms with E-state index in [0.29, 0.717) is 34.6 Å². The Hall–Kier alpha value is -2.55. The van der Waals surface area contributed by atoms with Crippen molar-refractivity contribution >= 4 is 44.8 Å². The minimum absolute atomic E-state index is 0.504. The average Bonchev–Trinajstić information content (AvgIpc) is 3.02. The van der Waals surface area contributed by atoms with Gasteiger partial charge in [-0.25, -0.2) is 4.98 Å². The summed E-state index contributed by atoms with van der Waals surface area (Å²) in [6.45, 7) is 1.09. The number of nitrogens with zero attached hydrogens (tertiary/aromatic N) is 2. The van der Waals surface area contributed by atoms with Gasteiger partial charge in [-0.3, -0.25) is 0 Å². The van der Waals surface area contributed by atoms with Gasteiger partial charge in [0.1, 0.15) is 24.3 Å². The molecule has 0 radical (unpaired) electrons. The minimum atomic E-state index is 0.504. The summed E-state index contributed by atoms with van der Waals surface area (Å²) in [6, 6.07) is 13.4. The van der Waals surface area contributed by atoms with Gasteiger partial charge in [0.15, 0.2) is 11.5 Å². The van der Waals surface area contributed by atoms with E-state index in [4.69, 9.17) is 21.1 Å². The monoisotopic (exact) mass is 354 g/mol. The molecule has 2 aromatic carbocycles. The Bertz CT molecular complexity index is 1000. The van der Waals surface area contributed by atoms with E-state index in [1.807, 2.05) is 30.3 Å². The maximum Gasteiger partial charge on any atom is 0.161 e. The standard InChI is InChI=1S/C18H11ClN2O2S/c19-13-2-4-17-14(9-13)21-18(24-17)12(10-20)7-11-1-3-15-16(8-11)23-6-5-22-15/h1-4,7-9H,5-6H2/b12-7-. The second kappa shape index (κ2) is 6.16. The molecule has 2 heterocycles.